The van der Waals surface area contributed by atoms with E-state index in [-0.39, 0.29) is 57.7 Å². The van der Waals surface area contributed by atoms with Gasteiger partial charge in [0.2, 0.25) is 0 Å². The first kappa shape index (κ1) is 28.4. The summed E-state index contributed by atoms with van der Waals surface area (Å²) in [6.07, 6.45) is 13.1. The quantitative estimate of drug-likeness (QED) is 0.277. The minimum Gasteiger partial charge on any atom is -0.508 e. The van der Waals surface area contributed by atoms with Gasteiger partial charge in [-0.2, -0.15) is 9.97 Å². The molecule has 4 fully saturated rings. The highest BCUT2D eigenvalue weighted by molar-refractivity contribution is 6.03. The Morgan fingerprint density at radius 3 is 2.71 bits per heavy atom. The molecule has 4 aromatic rings. The third kappa shape index (κ3) is 4.57. The smallest absolute Gasteiger partial charge is 0.319 e. The zero-order chi connectivity index (χ0) is 30.9. The van der Waals surface area contributed by atoms with Crippen LogP contribution in [0.4, 0.5) is 14.6 Å². The van der Waals surface area contributed by atoms with Crippen molar-refractivity contribution >= 4 is 27.5 Å². The van der Waals surface area contributed by atoms with E-state index in [0.717, 1.165) is 45.1 Å². The van der Waals surface area contributed by atoms with Crippen molar-refractivity contribution in [2.75, 3.05) is 37.7 Å². The number of aliphatic hydroxyl groups excluding tert-OH is 1. The van der Waals surface area contributed by atoms with E-state index < -0.39 is 11.6 Å². The van der Waals surface area contributed by atoms with Crippen LogP contribution in [0.5, 0.6) is 11.8 Å². The number of nitrogens with one attached hydrogen (secondary N) is 1. The molecule has 2 aromatic heterocycles. The van der Waals surface area contributed by atoms with E-state index in [0.29, 0.717) is 48.4 Å². The fourth-order valence-corrected chi connectivity index (χ4v) is 8.24. The lowest BCUT2D eigenvalue weighted by molar-refractivity contribution is 0.0644. The number of hydrogen-bond donors (Lipinski definition) is 3. The topological polar surface area (TPSA) is 107 Å². The van der Waals surface area contributed by atoms with Crippen LogP contribution in [0.1, 0.15) is 44.1 Å². The van der Waals surface area contributed by atoms with Crippen LogP contribution in [0, 0.1) is 24.0 Å². The lowest BCUT2D eigenvalue weighted by Crippen LogP contribution is -2.51. The molecule has 0 spiro atoms. The molecule has 4 aliphatic rings. The van der Waals surface area contributed by atoms with Gasteiger partial charge in [-0.25, -0.2) is 8.78 Å². The van der Waals surface area contributed by atoms with Crippen molar-refractivity contribution < 1.29 is 23.7 Å². The number of halogens is 2. The van der Waals surface area contributed by atoms with Crippen molar-refractivity contribution in [2.45, 2.75) is 62.2 Å². The number of terminal acetylenes is 1. The second-order valence-corrected chi connectivity index (χ2v) is 12.9. The third-order valence-corrected chi connectivity index (χ3v) is 10.3. The maximum absolute atomic E-state index is 16.8. The number of aliphatic hydroxyl groups is 1. The molecule has 0 amide bonds. The molecule has 8 rings (SSSR count). The van der Waals surface area contributed by atoms with E-state index in [9.17, 15) is 14.6 Å². The molecule has 4 unspecified atom stereocenters. The van der Waals surface area contributed by atoms with Crippen LogP contribution >= 0.6 is 0 Å². The number of pyridine rings is 1. The molecule has 0 aliphatic carbocycles. The molecule has 4 atom stereocenters. The van der Waals surface area contributed by atoms with Crippen molar-refractivity contribution in [1.82, 2.24) is 25.2 Å². The highest BCUT2D eigenvalue weighted by atomic mass is 19.1. The van der Waals surface area contributed by atoms with Crippen molar-refractivity contribution in [3.05, 3.63) is 47.7 Å². The molecule has 2 bridgehead atoms. The monoisotopic (exact) mass is 612 g/mol. The zero-order valence-corrected chi connectivity index (χ0v) is 24.8. The van der Waals surface area contributed by atoms with Crippen molar-refractivity contribution in [3.63, 3.8) is 0 Å². The number of aromatic nitrogens is 3. The minimum absolute atomic E-state index is 0.0291. The Labute approximate surface area is 259 Å². The van der Waals surface area contributed by atoms with Gasteiger partial charge >= 0.3 is 6.01 Å². The number of piperazine rings is 1. The number of benzene rings is 2. The number of phenolic OH excluding ortho intramolecular Hbond substituents is 1. The first-order chi connectivity index (χ1) is 21.9. The highest BCUT2D eigenvalue weighted by Gasteiger charge is 2.49. The average molecular weight is 613 g/mol. The van der Waals surface area contributed by atoms with Crippen molar-refractivity contribution in [1.29, 1.82) is 0 Å². The van der Waals surface area contributed by atoms with Gasteiger partial charge in [-0.3, -0.25) is 9.88 Å². The summed E-state index contributed by atoms with van der Waals surface area (Å²) in [5.41, 5.74) is -0.157. The molecule has 6 heterocycles. The number of rotatable bonds is 6. The van der Waals surface area contributed by atoms with Crippen molar-refractivity contribution in [3.8, 4) is 35.4 Å². The largest absolute Gasteiger partial charge is 0.508 e. The summed E-state index contributed by atoms with van der Waals surface area (Å²) in [6, 6.07) is 6.33. The normalized spacial score (nSPS) is 26.1. The van der Waals surface area contributed by atoms with E-state index in [1.807, 2.05) is 0 Å². The highest BCUT2D eigenvalue weighted by Crippen LogP contribution is 2.43. The predicted octanol–water partition coefficient (Wildman–Crippen LogP) is 4.12. The van der Waals surface area contributed by atoms with Crippen LogP contribution < -0.4 is 15.0 Å². The standard InChI is InChI=1S/C34H34F2N6O3/c1-2-24-27(35)7-4-19-12-23(44)13-25(28(19)24)30-29(36)31-26(14-37-30)32(41-15-20-5-6-21(16-41)38-20)40-33(39-31)45-18-34-9-3-11-42(34)22(17-43)8-10-34/h1,4,7,12-14,20-22,38,43-44H,3,5-6,8-11,15-18H2. The Balaban J connectivity index is 1.26. The Hall–Kier alpha value is -4.11. The van der Waals surface area contributed by atoms with Gasteiger partial charge in [-0.05, 0) is 68.7 Å². The summed E-state index contributed by atoms with van der Waals surface area (Å²) < 4.78 is 38.0. The second kappa shape index (κ2) is 10.8. The van der Waals surface area contributed by atoms with Crippen LogP contribution in [-0.2, 0) is 0 Å². The Bertz CT molecular complexity index is 1870. The van der Waals surface area contributed by atoms with Crippen LogP contribution in [-0.4, -0.2) is 86.6 Å². The Morgan fingerprint density at radius 2 is 1.93 bits per heavy atom. The van der Waals surface area contributed by atoms with Gasteiger partial charge in [0.1, 0.15) is 35.2 Å². The van der Waals surface area contributed by atoms with Gasteiger partial charge in [-0.15, -0.1) is 6.42 Å². The first-order valence-electron chi connectivity index (χ1n) is 15.7. The molecule has 4 saturated heterocycles. The fraction of sp³-hybridized carbons (Fsp3) is 0.441. The molecule has 232 valence electrons. The molecule has 0 saturated carbocycles. The number of ether oxygens (including phenoxy) is 1. The lowest BCUT2D eigenvalue weighted by Gasteiger charge is -2.35. The van der Waals surface area contributed by atoms with Crippen LogP contribution in [0.2, 0.25) is 0 Å². The number of aromatic hydroxyl groups is 1. The van der Waals surface area contributed by atoms with Gasteiger partial charge in [0, 0.05) is 48.4 Å². The lowest BCUT2D eigenvalue weighted by atomic mass is 9.95. The number of fused-ring (bicyclic) bond motifs is 5. The van der Waals surface area contributed by atoms with E-state index >= 15 is 4.39 Å². The number of anilines is 1. The molecule has 45 heavy (non-hydrogen) atoms. The summed E-state index contributed by atoms with van der Waals surface area (Å²) in [6.45, 7) is 2.78. The number of nitrogens with zero attached hydrogens (tertiary/aromatic N) is 5. The second-order valence-electron chi connectivity index (χ2n) is 12.9. The molecule has 9 nitrogen and oxygen atoms in total. The molecular weight excluding hydrogens is 578 g/mol. The Morgan fingerprint density at radius 1 is 1.11 bits per heavy atom. The van der Waals surface area contributed by atoms with Gasteiger partial charge in [-0.1, -0.05) is 12.0 Å². The summed E-state index contributed by atoms with van der Waals surface area (Å²) in [4.78, 5) is 18.5. The summed E-state index contributed by atoms with van der Waals surface area (Å²) in [7, 11) is 0. The van der Waals surface area contributed by atoms with Gasteiger partial charge in [0.05, 0.1) is 23.1 Å². The molecule has 11 heteroatoms. The summed E-state index contributed by atoms with van der Waals surface area (Å²) in [5, 5.41) is 25.3. The minimum atomic E-state index is -0.736. The third-order valence-electron chi connectivity index (χ3n) is 10.3. The van der Waals surface area contributed by atoms with Gasteiger partial charge in [0.15, 0.2) is 5.82 Å². The molecule has 4 aliphatic heterocycles. The SMILES string of the molecule is C#Cc1c(F)ccc2cc(O)cc(-c3ncc4c(N5CC6CCC(C5)N6)nc(OCC56CCCN5C(CO)CC6)nc4c3F)c12. The van der Waals surface area contributed by atoms with E-state index in [1.165, 1.54) is 24.3 Å². The zero-order valence-electron chi connectivity index (χ0n) is 24.8. The maximum atomic E-state index is 16.8. The molecule has 3 N–H and O–H groups in total. The van der Waals surface area contributed by atoms with Crippen LogP contribution in [0.15, 0.2) is 30.5 Å². The summed E-state index contributed by atoms with van der Waals surface area (Å²) in [5.74, 6) is 1.45. The average Bonchev–Trinajstić information content (AvgIpc) is 3.72. The fourth-order valence-electron chi connectivity index (χ4n) is 8.24. The predicted molar refractivity (Wildman–Crippen MR) is 166 cm³/mol. The number of hydrogen-bond acceptors (Lipinski definition) is 9. The van der Waals surface area contributed by atoms with Gasteiger partial charge in [0.25, 0.3) is 0 Å². The van der Waals surface area contributed by atoms with E-state index in [2.05, 4.69) is 31.0 Å². The van der Waals surface area contributed by atoms with E-state index in [1.54, 1.807) is 6.20 Å². The Kier molecular flexibility index (Phi) is 6.78. The van der Waals surface area contributed by atoms with E-state index in [4.69, 9.17) is 16.1 Å². The van der Waals surface area contributed by atoms with Crippen molar-refractivity contribution in [2.24, 2.45) is 0 Å². The summed E-state index contributed by atoms with van der Waals surface area (Å²) >= 11 is 0. The van der Waals surface area contributed by atoms with Crippen LogP contribution in [0.3, 0.4) is 0 Å². The molecule has 2 aromatic carbocycles. The maximum Gasteiger partial charge on any atom is 0.319 e. The molecular formula is C34H34F2N6O3. The van der Waals surface area contributed by atoms with Crippen LogP contribution in [0.25, 0.3) is 32.9 Å². The number of phenols is 1. The van der Waals surface area contributed by atoms with Gasteiger partial charge < -0.3 is 25.2 Å². The first-order valence-corrected chi connectivity index (χ1v) is 15.7. The molecule has 0 radical (unpaired) electrons.